The molecule has 0 saturated carbocycles. The summed E-state index contributed by atoms with van der Waals surface area (Å²) in [7, 11) is -2.13. The van der Waals surface area contributed by atoms with E-state index < -0.39 is 10.0 Å². The van der Waals surface area contributed by atoms with Gasteiger partial charge in [0.15, 0.2) is 0 Å². The summed E-state index contributed by atoms with van der Waals surface area (Å²) in [5.41, 5.74) is 2.94. The van der Waals surface area contributed by atoms with Gasteiger partial charge in [0, 0.05) is 18.9 Å². The number of hydrogen-bond acceptors (Lipinski definition) is 4. The van der Waals surface area contributed by atoms with Crippen LogP contribution in [0.5, 0.6) is 5.75 Å². The summed E-state index contributed by atoms with van der Waals surface area (Å²) in [6.45, 7) is 4.12. The summed E-state index contributed by atoms with van der Waals surface area (Å²) in [6, 6.07) is 7.12. The Balaban J connectivity index is 2.15. The van der Waals surface area contributed by atoms with Gasteiger partial charge in [-0.3, -0.25) is 4.98 Å². The van der Waals surface area contributed by atoms with Crippen LogP contribution >= 0.6 is 0 Å². The van der Waals surface area contributed by atoms with E-state index in [0.717, 1.165) is 16.7 Å². The van der Waals surface area contributed by atoms with E-state index in [9.17, 15) is 8.42 Å². The van der Waals surface area contributed by atoms with Gasteiger partial charge in [-0.2, -0.15) is 0 Å². The minimum atomic E-state index is -3.60. The molecule has 2 rings (SSSR count). The molecule has 0 atom stereocenters. The second-order valence-electron chi connectivity index (χ2n) is 5.09. The molecular formula is C16H20N2O3S. The van der Waals surface area contributed by atoms with Crippen molar-refractivity contribution in [2.45, 2.75) is 25.2 Å². The van der Waals surface area contributed by atoms with E-state index in [0.29, 0.717) is 18.7 Å². The van der Waals surface area contributed by atoms with Crippen LogP contribution in [0.4, 0.5) is 0 Å². The molecule has 5 nitrogen and oxygen atoms in total. The number of nitrogens with zero attached hydrogens (tertiary/aromatic N) is 1. The highest BCUT2D eigenvalue weighted by molar-refractivity contribution is 7.89. The fraction of sp³-hybridized carbons (Fsp3) is 0.312. The SMILES string of the molecule is COc1cc(C)c(C)cc1S(=O)(=O)NCCc1ccncc1. The van der Waals surface area contributed by atoms with Gasteiger partial charge < -0.3 is 4.74 Å². The number of benzene rings is 1. The molecule has 1 heterocycles. The van der Waals surface area contributed by atoms with E-state index in [1.54, 1.807) is 24.5 Å². The Kier molecular flexibility index (Phi) is 5.15. The molecule has 22 heavy (non-hydrogen) atoms. The van der Waals surface area contributed by atoms with E-state index >= 15 is 0 Å². The molecule has 0 fully saturated rings. The lowest BCUT2D eigenvalue weighted by Crippen LogP contribution is -2.26. The molecule has 118 valence electrons. The fourth-order valence-corrected chi connectivity index (χ4v) is 3.36. The maximum Gasteiger partial charge on any atom is 0.244 e. The largest absolute Gasteiger partial charge is 0.495 e. The van der Waals surface area contributed by atoms with Crippen LogP contribution < -0.4 is 9.46 Å². The van der Waals surface area contributed by atoms with Crippen LogP contribution in [-0.2, 0) is 16.4 Å². The first-order chi connectivity index (χ1) is 10.4. The molecule has 0 radical (unpaired) electrons. The standard InChI is InChI=1S/C16H20N2O3S/c1-12-10-15(21-3)16(11-13(12)2)22(19,20)18-9-6-14-4-7-17-8-5-14/h4-5,7-8,10-11,18H,6,9H2,1-3H3. The van der Waals surface area contributed by atoms with E-state index in [2.05, 4.69) is 9.71 Å². The molecule has 6 heteroatoms. The second-order valence-corrected chi connectivity index (χ2v) is 6.83. The maximum absolute atomic E-state index is 12.5. The van der Waals surface area contributed by atoms with E-state index in [1.807, 2.05) is 26.0 Å². The van der Waals surface area contributed by atoms with Crippen molar-refractivity contribution in [3.05, 3.63) is 53.3 Å². The lowest BCUT2D eigenvalue weighted by atomic mass is 10.1. The Hall–Kier alpha value is -1.92. The third kappa shape index (κ3) is 3.84. The number of rotatable bonds is 6. The topological polar surface area (TPSA) is 68.3 Å². The number of sulfonamides is 1. The zero-order valence-electron chi connectivity index (χ0n) is 13.0. The lowest BCUT2D eigenvalue weighted by molar-refractivity contribution is 0.402. The quantitative estimate of drug-likeness (QED) is 0.886. The van der Waals surface area contributed by atoms with Crippen LogP contribution in [0.3, 0.4) is 0 Å². The van der Waals surface area contributed by atoms with Crippen molar-refractivity contribution < 1.29 is 13.2 Å². The Labute approximate surface area is 131 Å². The minimum absolute atomic E-state index is 0.174. The van der Waals surface area contributed by atoms with Crippen molar-refractivity contribution in [1.82, 2.24) is 9.71 Å². The Bertz CT molecular complexity index is 743. The highest BCUT2D eigenvalue weighted by Gasteiger charge is 2.20. The average molecular weight is 320 g/mol. The molecule has 0 spiro atoms. The van der Waals surface area contributed by atoms with Crippen molar-refractivity contribution in [3.63, 3.8) is 0 Å². The average Bonchev–Trinajstić information content (AvgIpc) is 2.50. The summed E-state index contributed by atoms with van der Waals surface area (Å²) < 4.78 is 32.7. The summed E-state index contributed by atoms with van der Waals surface area (Å²) in [5.74, 6) is 0.361. The summed E-state index contributed by atoms with van der Waals surface area (Å²) >= 11 is 0. The number of methoxy groups -OCH3 is 1. The first-order valence-electron chi connectivity index (χ1n) is 6.98. The van der Waals surface area contributed by atoms with Crippen molar-refractivity contribution in [2.24, 2.45) is 0 Å². The second kappa shape index (κ2) is 6.89. The highest BCUT2D eigenvalue weighted by Crippen LogP contribution is 2.27. The Morgan fingerprint density at radius 1 is 1.14 bits per heavy atom. The summed E-state index contributed by atoms with van der Waals surface area (Å²) in [6.07, 6.45) is 3.99. The van der Waals surface area contributed by atoms with Gasteiger partial charge in [0.1, 0.15) is 10.6 Å². The molecule has 0 saturated heterocycles. The normalized spacial score (nSPS) is 11.4. The molecule has 1 aromatic carbocycles. The van der Waals surface area contributed by atoms with Crippen LogP contribution in [-0.4, -0.2) is 27.1 Å². The van der Waals surface area contributed by atoms with Crippen molar-refractivity contribution in [2.75, 3.05) is 13.7 Å². The number of nitrogens with one attached hydrogen (secondary N) is 1. The van der Waals surface area contributed by atoms with Crippen LogP contribution in [0.15, 0.2) is 41.6 Å². The molecule has 0 unspecified atom stereocenters. The van der Waals surface area contributed by atoms with Gasteiger partial charge in [-0.1, -0.05) is 0 Å². The zero-order valence-corrected chi connectivity index (χ0v) is 13.8. The lowest BCUT2D eigenvalue weighted by Gasteiger charge is -2.13. The Morgan fingerprint density at radius 2 is 1.77 bits per heavy atom. The van der Waals surface area contributed by atoms with Crippen molar-refractivity contribution >= 4 is 10.0 Å². The number of aryl methyl sites for hydroxylation is 2. The van der Waals surface area contributed by atoms with E-state index in [1.165, 1.54) is 7.11 Å². The maximum atomic E-state index is 12.5. The first kappa shape index (κ1) is 16.5. The van der Waals surface area contributed by atoms with Crippen molar-refractivity contribution in [3.8, 4) is 5.75 Å². The van der Waals surface area contributed by atoms with Gasteiger partial charge in [-0.25, -0.2) is 13.1 Å². The first-order valence-corrected chi connectivity index (χ1v) is 8.46. The number of hydrogen-bond donors (Lipinski definition) is 1. The van der Waals surface area contributed by atoms with Gasteiger partial charge in [0.2, 0.25) is 10.0 Å². The highest BCUT2D eigenvalue weighted by atomic mass is 32.2. The zero-order chi connectivity index (χ0) is 16.2. The third-order valence-corrected chi connectivity index (χ3v) is 5.01. The smallest absolute Gasteiger partial charge is 0.244 e. The van der Waals surface area contributed by atoms with Gasteiger partial charge in [-0.05, 0) is 61.2 Å². The molecule has 1 N–H and O–H groups in total. The van der Waals surface area contributed by atoms with Crippen LogP contribution in [0, 0.1) is 13.8 Å². The minimum Gasteiger partial charge on any atom is -0.495 e. The molecule has 0 bridgehead atoms. The number of ether oxygens (including phenoxy) is 1. The van der Waals surface area contributed by atoms with E-state index in [4.69, 9.17) is 4.74 Å². The molecule has 2 aromatic rings. The summed E-state index contributed by atoms with van der Waals surface area (Å²) in [4.78, 5) is 4.11. The predicted octanol–water partition coefficient (Wildman–Crippen LogP) is 2.23. The fourth-order valence-electron chi connectivity index (χ4n) is 2.09. The van der Waals surface area contributed by atoms with Crippen LogP contribution in [0.25, 0.3) is 0 Å². The number of pyridine rings is 1. The van der Waals surface area contributed by atoms with Gasteiger partial charge in [0.05, 0.1) is 7.11 Å². The molecule has 0 aliphatic heterocycles. The third-order valence-electron chi connectivity index (χ3n) is 3.52. The van der Waals surface area contributed by atoms with Crippen LogP contribution in [0.2, 0.25) is 0 Å². The number of aromatic nitrogens is 1. The van der Waals surface area contributed by atoms with Gasteiger partial charge in [0.25, 0.3) is 0 Å². The molecule has 1 aromatic heterocycles. The molecule has 0 amide bonds. The molecule has 0 aliphatic rings. The molecular weight excluding hydrogens is 300 g/mol. The van der Waals surface area contributed by atoms with Gasteiger partial charge >= 0.3 is 0 Å². The monoisotopic (exact) mass is 320 g/mol. The van der Waals surface area contributed by atoms with E-state index in [-0.39, 0.29) is 4.90 Å². The Morgan fingerprint density at radius 3 is 2.41 bits per heavy atom. The van der Waals surface area contributed by atoms with Gasteiger partial charge in [-0.15, -0.1) is 0 Å². The summed E-state index contributed by atoms with van der Waals surface area (Å²) in [5, 5.41) is 0. The predicted molar refractivity (Wildman–Crippen MR) is 85.6 cm³/mol. The molecule has 0 aliphatic carbocycles. The van der Waals surface area contributed by atoms with Crippen molar-refractivity contribution in [1.29, 1.82) is 0 Å². The van der Waals surface area contributed by atoms with Crippen LogP contribution in [0.1, 0.15) is 16.7 Å².